The second-order valence-corrected chi connectivity index (χ2v) is 4.69. The number of nitrogens with two attached hydrogens (primary N) is 1. The van der Waals surface area contributed by atoms with Gasteiger partial charge in [-0.05, 0) is 11.3 Å². The van der Waals surface area contributed by atoms with Gasteiger partial charge in [0, 0.05) is 6.54 Å². The SMILES string of the molecule is CC(C)C(C)(C)CNC(=O)CC(N)=NO. The summed E-state index contributed by atoms with van der Waals surface area (Å²) in [5.41, 5.74) is 5.25. The Labute approximate surface area is 90.7 Å². The van der Waals surface area contributed by atoms with Crippen LogP contribution in [0.15, 0.2) is 5.16 Å². The van der Waals surface area contributed by atoms with Gasteiger partial charge in [0.1, 0.15) is 5.84 Å². The predicted octanol–water partition coefficient (Wildman–Crippen LogP) is 0.921. The molecule has 15 heavy (non-hydrogen) atoms. The van der Waals surface area contributed by atoms with Gasteiger partial charge in [-0.2, -0.15) is 0 Å². The van der Waals surface area contributed by atoms with Gasteiger partial charge in [0.05, 0.1) is 6.42 Å². The molecular weight excluding hydrogens is 194 g/mol. The van der Waals surface area contributed by atoms with E-state index in [-0.39, 0.29) is 23.6 Å². The van der Waals surface area contributed by atoms with Crippen LogP contribution < -0.4 is 11.1 Å². The van der Waals surface area contributed by atoms with E-state index in [1.807, 2.05) is 0 Å². The number of hydrogen-bond acceptors (Lipinski definition) is 3. The van der Waals surface area contributed by atoms with E-state index >= 15 is 0 Å². The van der Waals surface area contributed by atoms with Gasteiger partial charge in [0.15, 0.2) is 0 Å². The van der Waals surface area contributed by atoms with E-state index in [1.54, 1.807) is 0 Å². The van der Waals surface area contributed by atoms with Crippen LogP contribution in [0.1, 0.15) is 34.1 Å². The number of amides is 1. The Bertz CT molecular complexity index is 247. The third kappa shape index (κ3) is 5.24. The number of oxime groups is 1. The molecule has 5 nitrogen and oxygen atoms in total. The summed E-state index contributed by atoms with van der Waals surface area (Å²) in [5, 5.41) is 13.8. The van der Waals surface area contributed by atoms with Gasteiger partial charge in [-0.3, -0.25) is 4.79 Å². The minimum absolute atomic E-state index is 0.0424. The fourth-order valence-corrected chi connectivity index (χ4v) is 0.793. The van der Waals surface area contributed by atoms with E-state index in [0.717, 1.165) is 0 Å². The van der Waals surface area contributed by atoms with Crippen molar-refractivity contribution in [1.29, 1.82) is 0 Å². The molecular formula is C10H21N3O2. The quantitative estimate of drug-likeness (QED) is 0.276. The first-order valence-electron chi connectivity index (χ1n) is 5.02. The Morgan fingerprint density at radius 2 is 2.07 bits per heavy atom. The molecule has 0 aromatic heterocycles. The number of hydrogen-bond donors (Lipinski definition) is 3. The Kier molecular flexibility index (Phi) is 5.11. The number of carbonyl (C=O) groups excluding carboxylic acids is 1. The van der Waals surface area contributed by atoms with Gasteiger partial charge in [-0.25, -0.2) is 0 Å². The van der Waals surface area contributed by atoms with Crippen molar-refractivity contribution in [2.75, 3.05) is 6.54 Å². The fraction of sp³-hybridized carbons (Fsp3) is 0.800. The zero-order valence-electron chi connectivity index (χ0n) is 9.87. The summed E-state index contributed by atoms with van der Waals surface area (Å²) < 4.78 is 0. The van der Waals surface area contributed by atoms with Crippen LogP contribution in [0.3, 0.4) is 0 Å². The number of amidine groups is 1. The highest BCUT2D eigenvalue weighted by Gasteiger charge is 2.22. The van der Waals surface area contributed by atoms with Gasteiger partial charge in [-0.15, -0.1) is 0 Å². The molecule has 0 aliphatic carbocycles. The first kappa shape index (κ1) is 13.7. The van der Waals surface area contributed by atoms with Gasteiger partial charge < -0.3 is 16.3 Å². The number of carbonyl (C=O) groups is 1. The topological polar surface area (TPSA) is 87.7 Å². The Balaban J connectivity index is 4.01. The molecule has 0 fully saturated rings. The minimum atomic E-state index is -0.223. The van der Waals surface area contributed by atoms with E-state index < -0.39 is 0 Å². The lowest BCUT2D eigenvalue weighted by Crippen LogP contribution is -2.38. The van der Waals surface area contributed by atoms with Crippen molar-refractivity contribution in [1.82, 2.24) is 5.32 Å². The van der Waals surface area contributed by atoms with E-state index in [1.165, 1.54) is 0 Å². The van der Waals surface area contributed by atoms with Crippen LogP contribution >= 0.6 is 0 Å². The zero-order chi connectivity index (χ0) is 12.1. The fourth-order valence-electron chi connectivity index (χ4n) is 0.793. The molecule has 88 valence electrons. The van der Waals surface area contributed by atoms with E-state index in [4.69, 9.17) is 10.9 Å². The van der Waals surface area contributed by atoms with Gasteiger partial charge in [-0.1, -0.05) is 32.9 Å². The smallest absolute Gasteiger partial charge is 0.227 e. The van der Waals surface area contributed by atoms with E-state index in [9.17, 15) is 4.79 Å². The van der Waals surface area contributed by atoms with Crippen LogP contribution in [0, 0.1) is 11.3 Å². The van der Waals surface area contributed by atoms with Crippen LogP contribution in [0.25, 0.3) is 0 Å². The molecule has 0 spiro atoms. The van der Waals surface area contributed by atoms with Gasteiger partial charge in [0.25, 0.3) is 0 Å². The summed E-state index contributed by atoms with van der Waals surface area (Å²) >= 11 is 0. The molecule has 0 aliphatic rings. The molecule has 0 rings (SSSR count). The monoisotopic (exact) mass is 215 g/mol. The van der Waals surface area contributed by atoms with Crippen molar-refractivity contribution in [2.24, 2.45) is 22.2 Å². The first-order chi connectivity index (χ1) is 6.79. The standard InChI is InChI=1S/C10H21N3O2/c1-7(2)10(3,4)6-12-9(14)5-8(11)13-15/h7,15H,5-6H2,1-4H3,(H2,11,13)(H,12,14). The van der Waals surface area contributed by atoms with Crippen molar-refractivity contribution in [2.45, 2.75) is 34.1 Å². The zero-order valence-corrected chi connectivity index (χ0v) is 9.87. The highest BCUT2D eigenvalue weighted by molar-refractivity contribution is 5.98. The van der Waals surface area contributed by atoms with Crippen molar-refractivity contribution < 1.29 is 10.0 Å². The van der Waals surface area contributed by atoms with Crippen LogP contribution in [0.5, 0.6) is 0 Å². The summed E-state index contributed by atoms with van der Waals surface area (Å²) in [5.74, 6) is 0.176. The molecule has 0 bridgehead atoms. The lowest BCUT2D eigenvalue weighted by Gasteiger charge is -2.29. The van der Waals surface area contributed by atoms with Crippen molar-refractivity contribution >= 4 is 11.7 Å². The van der Waals surface area contributed by atoms with Gasteiger partial charge >= 0.3 is 0 Å². The lowest BCUT2D eigenvalue weighted by atomic mass is 9.81. The molecule has 0 aromatic carbocycles. The minimum Gasteiger partial charge on any atom is -0.409 e. The molecule has 4 N–H and O–H groups in total. The largest absolute Gasteiger partial charge is 0.409 e. The number of nitrogens with zero attached hydrogens (tertiary/aromatic N) is 1. The molecule has 0 heterocycles. The molecule has 0 unspecified atom stereocenters. The average Bonchev–Trinajstić information content (AvgIpc) is 2.14. The second kappa shape index (κ2) is 5.58. The van der Waals surface area contributed by atoms with E-state index in [2.05, 4.69) is 38.2 Å². The highest BCUT2D eigenvalue weighted by atomic mass is 16.4. The number of rotatable bonds is 5. The summed E-state index contributed by atoms with van der Waals surface area (Å²) in [4.78, 5) is 11.3. The molecule has 0 saturated carbocycles. The van der Waals surface area contributed by atoms with Crippen LogP contribution in [0.4, 0.5) is 0 Å². The Morgan fingerprint density at radius 3 is 2.47 bits per heavy atom. The predicted molar refractivity (Wildman–Crippen MR) is 59.7 cm³/mol. The van der Waals surface area contributed by atoms with Crippen LogP contribution in [-0.4, -0.2) is 23.5 Å². The number of nitrogens with one attached hydrogen (secondary N) is 1. The molecule has 1 amide bonds. The third-order valence-electron chi connectivity index (χ3n) is 2.77. The summed E-state index contributed by atoms with van der Waals surface area (Å²) in [7, 11) is 0. The molecule has 0 aromatic rings. The molecule has 0 aliphatic heterocycles. The maximum absolute atomic E-state index is 11.3. The summed E-state index contributed by atoms with van der Waals surface area (Å²) in [6.45, 7) is 8.97. The maximum Gasteiger partial charge on any atom is 0.227 e. The molecule has 0 saturated heterocycles. The Hall–Kier alpha value is -1.26. The van der Waals surface area contributed by atoms with Gasteiger partial charge in [0.2, 0.25) is 5.91 Å². The lowest BCUT2D eigenvalue weighted by molar-refractivity contribution is -0.120. The normalized spacial score (nSPS) is 13.0. The molecule has 0 radical (unpaired) electrons. The first-order valence-corrected chi connectivity index (χ1v) is 5.02. The van der Waals surface area contributed by atoms with Crippen molar-refractivity contribution in [3.8, 4) is 0 Å². The van der Waals surface area contributed by atoms with Crippen LogP contribution in [-0.2, 0) is 4.79 Å². The Morgan fingerprint density at radius 1 is 1.53 bits per heavy atom. The molecule has 0 atom stereocenters. The van der Waals surface area contributed by atoms with Crippen LogP contribution in [0.2, 0.25) is 0 Å². The maximum atomic E-state index is 11.3. The van der Waals surface area contributed by atoms with Crippen molar-refractivity contribution in [3.05, 3.63) is 0 Å². The molecule has 5 heteroatoms. The van der Waals surface area contributed by atoms with Crippen molar-refractivity contribution in [3.63, 3.8) is 0 Å². The second-order valence-electron chi connectivity index (χ2n) is 4.69. The third-order valence-corrected chi connectivity index (χ3v) is 2.77. The summed E-state index contributed by atoms with van der Waals surface area (Å²) in [6, 6.07) is 0. The van der Waals surface area contributed by atoms with E-state index in [0.29, 0.717) is 12.5 Å². The average molecular weight is 215 g/mol. The summed E-state index contributed by atoms with van der Waals surface area (Å²) in [6.07, 6.45) is -0.0648. The highest BCUT2D eigenvalue weighted by Crippen LogP contribution is 2.24.